The first-order valence-corrected chi connectivity index (χ1v) is 16.0. The van der Waals surface area contributed by atoms with Gasteiger partial charge < -0.3 is 15.2 Å². The van der Waals surface area contributed by atoms with Crippen LogP contribution < -0.4 is 5.73 Å². The summed E-state index contributed by atoms with van der Waals surface area (Å²) in [5.74, 6) is -1.16. The first-order valence-electron chi connectivity index (χ1n) is 13.1. The number of carbonyl (C=O) groups is 3. The highest BCUT2D eigenvalue weighted by Gasteiger charge is 2.69. The van der Waals surface area contributed by atoms with Gasteiger partial charge in [-0.3, -0.25) is 14.5 Å². The number of thioether (sulfide) groups is 2. The number of aryl methyl sites for hydroxylation is 1. The Labute approximate surface area is 259 Å². The molecule has 0 bridgehead atoms. The molecule has 0 aliphatic carbocycles. The highest BCUT2D eigenvalue weighted by Crippen LogP contribution is 2.51. The van der Waals surface area contributed by atoms with Crippen molar-refractivity contribution in [2.24, 2.45) is 12.8 Å². The number of hydrogen-bond acceptors (Lipinski definition) is 10. The lowest BCUT2D eigenvalue weighted by Crippen LogP contribution is -2.79. The van der Waals surface area contributed by atoms with Crippen molar-refractivity contribution in [2.45, 2.75) is 39.9 Å². The van der Waals surface area contributed by atoms with Gasteiger partial charge >= 0.3 is 5.97 Å². The summed E-state index contributed by atoms with van der Waals surface area (Å²) < 4.78 is 13.4. The van der Waals surface area contributed by atoms with Crippen LogP contribution in [0, 0.1) is 0 Å². The molecule has 3 aromatic rings. The third kappa shape index (κ3) is 5.85. The van der Waals surface area contributed by atoms with Gasteiger partial charge in [-0.25, -0.2) is 9.48 Å². The van der Waals surface area contributed by atoms with Crippen molar-refractivity contribution in [3.63, 3.8) is 0 Å². The van der Waals surface area contributed by atoms with Crippen molar-refractivity contribution in [3.8, 4) is 0 Å². The SMILES string of the molecule is CO[C@]1(C(Br)C(N)=O)C(=O)N2C(C(=O)OC(Cc3ccccc3)Cc3ccccc3)=C(CSc3nnnn3C)CSC21. The Balaban J connectivity index is 1.47. The number of tetrazole rings is 1. The van der Waals surface area contributed by atoms with Crippen LogP contribution in [0.1, 0.15) is 11.1 Å². The molecule has 42 heavy (non-hydrogen) atoms. The molecule has 2 N–H and O–H groups in total. The molecule has 0 saturated carbocycles. The maximum Gasteiger partial charge on any atom is 0.355 e. The number of benzene rings is 2. The van der Waals surface area contributed by atoms with E-state index in [1.807, 2.05) is 60.7 Å². The van der Waals surface area contributed by atoms with Gasteiger partial charge in [0.1, 0.15) is 22.0 Å². The number of aromatic nitrogens is 4. The van der Waals surface area contributed by atoms with Gasteiger partial charge in [0.05, 0.1) is 0 Å². The second-order valence-electron chi connectivity index (χ2n) is 9.83. The number of esters is 1. The summed E-state index contributed by atoms with van der Waals surface area (Å²) in [6, 6.07) is 19.6. The van der Waals surface area contributed by atoms with Crippen LogP contribution in [0.5, 0.6) is 0 Å². The van der Waals surface area contributed by atoms with Crippen LogP contribution in [0.15, 0.2) is 77.1 Å². The number of nitrogens with two attached hydrogens (primary N) is 1. The standard InChI is InChI=1S/C28H29BrN6O5S2/c1-34-27(31-32-33-34)42-16-19-15-41-26-28(39-2,22(29)23(30)36)25(38)35(26)21(19)24(37)40-20(13-17-9-5-3-6-10-17)14-18-11-7-4-8-12-18/h3-12,20,22,26H,13-16H2,1-2H3,(H2,30,36)/t22?,26?,28-/m1/s1. The van der Waals surface area contributed by atoms with Gasteiger partial charge in [0.2, 0.25) is 11.1 Å². The molecule has 14 heteroatoms. The zero-order valence-corrected chi connectivity index (χ0v) is 26.1. The Morgan fingerprint density at radius 1 is 1.14 bits per heavy atom. The van der Waals surface area contributed by atoms with Crippen molar-refractivity contribution in [1.82, 2.24) is 25.1 Å². The van der Waals surface area contributed by atoms with Crippen molar-refractivity contribution in [2.75, 3.05) is 18.6 Å². The average Bonchev–Trinajstić information content (AvgIpc) is 3.41. The molecular formula is C28H29BrN6O5S2. The fraction of sp³-hybridized carbons (Fsp3) is 0.357. The van der Waals surface area contributed by atoms with E-state index in [9.17, 15) is 14.4 Å². The van der Waals surface area contributed by atoms with E-state index in [1.165, 1.54) is 40.2 Å². The van der Waals surface area contributed by atoms with Gasteiger partial charge in [0.15, 0.2) is 5.60 Å². The monoisotopic (exact) mass is 672 g/mol. The number of primary amides is 1. The van der Waals surface area contributed by atoms with Gasteiger partial charge in [-0.05, 0) is 27.1 Å². The van der Waals surface area contributed by atoms with Gasteiger partial charge in [0.25, 0.3) is 5.91 Å². The molecule has 3 atom stereocenters. The highest BCUT2D eigenvalue weighted by atomic mass is 79.9. The Morgan fingerprint density at radius 2 is 1.76 bits per heavy atom. The molecular weight excluding hydrogens is 644 g/mol. The first-order chi connectivity index (χ1) is 20.3. The molecule has 2 aliphatic rings. The summed E-state index contributed by atoms with van der Waals surface area (Å²) in [5, 5.41) is 11.4. The summed E-state index contributed by atoms with van der Waals surface area (Å²) in [7, 11) is 3.08. The lowest BCUT2D eigenvalue weighted by molar-refractivity contribution is -0.185. The summed E-state index contributed by atoms with van der Waals surface area (Å²) in [6.45, 7) is 0. The van der Waals surface area contributed by atoms with Crippen LogP contribution in [0.25, 0.3) is 0 Å². The highest BCUT2D eigenvalue weighted by molar-refractivity contribution is 9.10. The summed E-state index contributed by atoms with van der Waals surface area (Å²) >= 11 is 6.01. The Hall–Kier alpha value is -3.20. The van der Waals surface area contributed by atoms with Gasteiger partial charge in [-0.15, -0.1) is 16.9 Å². The van der Waals surface area contributed by atoms with E-state index in [4.69, 9.17) is 15.2 Å². The summed E-state index contributed by atoms with van der Waals surface area (Å²) in [5.41, 5.74) is 6.89. The van der Waals surface area contributed by atoms with Crippen LogP contribution >= 0.6 is 39.5 Å². The third-order valence-corrected chi connectivity index (χ3v) is 10.8. The Kier molecular flexibility index (Phi) is 9.35. The van der Waals surface area contributed by atoms with E-state index in [2.05, 4.69) is 31.5 Å². The molecule has 1 fully saturated rings. The van der Waals surface area contributed by atoms with Gasteiger partial charge in [-0.2, -0.15) is 0 Å². The number of fused-ring (bicyclic) bond motifs is 1. The van der Waals surface area contributed by atoms with Crippen molar-refractivity contribution in [3.05, 3.63) is 83.1 Å². The van der Waals surface area contributed by atoms with Gasteiger partial charge in [-0.1, -0.05) is 88.4 Å². The molecule has 0 radical (unpaired) electrons. The minimum absolute atomic E-state index is 0.148. The quantitative estimate of drug-likeness (QED) is 0.132. The number of β-lactam (4-membered cyclic amide) rings is 1. The lowest BCUT2D eigenvalue weighted by atomic mass is 9.86. The van der Waals surface area contributed by atoms with Crippen LogP contribution in [-0.2, 0) is 43.7 Å². The molecule has 3 heterocycles. The van der Waals surface area contributed by atoms with Crippen LogP contribution in [0.3, 0.4) is 0 Å². The smallest absolute Gasteiger partial charge is 0.355 e. The number of nitrogens with zero attached hydrogens (tertiary/aromatic N) is 5. The summed E-state index contributed by atoms with van der Waals surface area (Å²) in [6.07, 6.45) is 0.476. The predicted octanol–water partition coefficient (Wildman–Crippen LogP) is 2.50. The number of rotatable bonds is 12. The second kappa shape index (κ2) is 13.0. The zero-order valence-electron chi connectivity index (χ0n) is 22.9. The molecule has 2 aliphatic heterocycles. The lowest BCUT2D eigenvalue weighted by Gasteiger charge is -2.57. The van der Waals surface area contributed by atoms with Crippen LogP contribution in [-0.4, -0.2) is 83.4 Å². The molecule has 1 saturated heterocycles. The van der Waals surface area contributed by atoms with Crippen molar-refractivity contribution >= 4 is 57.2 Å². The molecule has 2 unspecified atom stereocenters. The predicted molar refractivity (Wildman–Crippen MR) is 161 cm³/mol. The van der Waals surface area contributed by atoms with E-state index in [-0.39, 0.29) is 5.70 Å². The minimum atomic E-state index is -1.55. The number of amides is 2. The number of ether oxygens (including phenoxy) is 2. The van der Waals surface area contributed by atoms with E-state index in [1.54, 1.807) is 7.05 Å². The number of halogens is 1. The molecule has 2 amide bonds. The zero-order chi connectivity index (χ0) is 29.9. The number of hydrogen-bond donors (Lipinski definition) is 1. The number of methoxy groups -OCH3 is 1. The Morgan fingerprint density at radius 3 is 2.29 bits per heavy atom. The summed E-state index contributed by atoms with van der Waals surface area (Å²) in [4.78, 5) is 40.3. The largest absolute Gasteiger partial charge is 0.457 e. The normalized spacial score (nSPS) is 20.7. The molecule has 2 aromatic carbocycles. The first kappa shape index (κ1) is 30.3. The topological polar surface area (TPSA) is 143 Å². The maximum absolute atomic E-state index is 14.1. The number of alkyl halides is 1. The molecule has 11 nitrogen and oxygen atoms in total. The minimum Gasteiger partial charge on any atom is -0.457 e. The van der Waals surface area contributed by atoms with E-state index in [0.717, 1.165) is 11.1 Å². The third-order valence-electron chi connectivity index (χ3n) is 7.15. The van der Waals surface area contributed by atoms with E-state index >= 15 is 0 Å². The van der Waals surface area contributed by atoms with Crippen LogP contribution in [0.2, 0.25) is 0 Å². The van der Waals surface area contributed by atoms with Crippen LogP contribution in [0.4, 0.5) is 0 Å². The molecule has 5 rings (SSSR count). The number of carbonyl (C=O) groups excluding carboxylic acids is 3. The second-order valence-corrected chi connectivity index (χ2v) is 12.8. The Bertz CT molecular complexity index is 1450. The van der Waals surface area contributed by atoms with Crippen molar-refractivity contribution < 1.29 is 23.9 Å². The average molecular weight is 674 g/mol. The molecule has 220 valence electrons. The van der Waals surface area contributed by atoms with E-state index < -0.39 is 39.7 Å². The van der Waals surface area contributed by atoms with Gasteiger partial charge in [0, 0.05) is 38.5 Å². The van der Waals surface area contributed by atoms with E-state index in [0.29, 0.717) is 35.1 Å². The maximum atomic E-state index is 14.1. The fourth-order valence-corrected chi connectivity index (χ4v) is 8.39. The molecule has 0 spiro atoms. The van der Waals surface area contributed by atoms with Crippen molar-refractivity contribution in [1.29, 1.82) is 0 Å². The fourth-order valence-electron chi connectivity index (χ4n) is 5.06. The molecule has 1 aromatic heterocycles.